The zero-order valence-electron chi connectivity index (χ0n) is 11.3. The van der Waals surface area contributed by atoms with E-state index in [-0.39, 0.29) is 34.8 Å². The van der Waals surface area contributed by atoms with Crippen molar-refractivity contribution in [1.82, 2.24) is 0 Å². The van der Waals surface area contributed by atoms with Gasteiger partial charge in [-0.3, -0.25) is 4.79 Å². The van der Waals surface area contributed by atoms with Crippen LogP contribution in [0.25, 0.3) is 0 Å². The van der Waals surface area contributed by atoms with Crippen LogP contribution in [0.4, 0.5) is 13.2 Å². The van der Waals surface area contributed by atoms with Gasteiger partial charge in [0.05, 0.1) is 36.7 Å². The number of methoxy groups -OCH3 is 1. The van der Waals surface area contributed by atoms with Gasteiger partial charge in [-0.05, 0) is 30.8 Å². The molecule has 0 bridgehead atoms. The number of carbonyl (C=O) groups is 1. The number of nitrogens with zero attached hydrogens (tertiary/aromatic N) is 1. The number of rotatable bonds is 5. The zero-order chi connectivity index (χ0) is 16.0. The molecule has 0 radical (unpaired) electrons. The van der Waals surface area contributed by atoms with Gasteiger partial charge in [0.2, 0.25) is 0 Å². The summed E-state index contributed by atoms with van der Waals surface area (Å²) in [4.78, 5) is 11.2. The first-order valence-electron chi connectivity index (χ1n) is 5.83. The Morgan fingerprint density at radius 2 is 2.10 bits per heavy atom. The number of esters is 1. The van der Waals surface area contributed by atoms with Crippen LogP contribution >= 0.6 is 11.8 Å². The summed E-state index contributed by atoms with van der Waals surface area (Å²) in [6.45, 7) is 1.77. The Morgan fingerprint density at radius 1 is 1.43 bits per heavy atom. The minimum atomic E-state index is -4.53. The third kappa shape index (κ3) is 5.19. The van der Waals surface area contributed by atoms with E-state index < -0.39 is 23.2 Å². The molecule has 0 spiro atoms. The second kappa shape index (κ2) is 7.22. The van der Waals surface area contributed by atoms with Crippen molar-refractivity contribution in [3.05, 3.63) is 23.3 Å². The van der Waals surface area contributed by atoms with Crippen molar-refractivity contribution in [2.75, 3.05) is 13.7 Å². The second-order valence-electron chi connectivity index (χ2n) is 3.81. The van der Waals surface area contributed by atoms with Crippen LogP contribution < -0.4 is 4.74 Å². The van der Waals surface area contributed by atoms with Crippen LogP contribution in [0.15, 0.2) is 17.0 Å². The molecular formula is C13H12F3NO3S. The van der Waals surface area contributed by atoms with Gasteiger partial charge in [0.25, 0.3) is 0 Å². The normalized spacial score (nSPS) is 10.9. The molecule has 1 aromatic rings. The maximum atomic E-state index is 12.5. The first kappa shape index (κ1) is 17.2. The van der Waals surface area contributed by atoms with E-state index in [1.54, 1.807) is 13.0 Å². The number of halogens is 3. The molecule has 0 N–H and O–H groups in total. The van der Waals surface area contributed by atoms with E-state index in [1.807, 2.05) is 0 Å². The summed E-state index contributed by atoms with van der Waals surface area (Å²) in [7, 11) is 1.20. The van der Waals surface area contributed by atoms with Gasteiger partial charge < -0.3 is 9.47 Å². The Kier molecular flexibility index (Phi) is 5.90. The largest absolute Gasteiger partial charge is 0.495 e. The Balaban J connectivity index is 3.25. The van der Waals surface area contributed by atoms with Gasteiger partial charge in [-0.15, -0.1) is 0 Å². The lowest BCUT2D eigenvalue weighted by atomic mass is 10.1. The Morgan fingerprint density at radius 3 is 2.57 bits per heavy atom. The number of ether oxygens (including phenoxy) is 2. The molecule has 114 valence electrons. The smallest absolute Gasteiger partial charge is 0.446 e. The van der Waals surface area contributed by atoms with Gasteiger partial charge in [-0.2, -0.15) is 18.4 Å². The third-order valence-corrected chi connectivity index (χ3v) is 3.09. The number of carbonyl (C=O) groups excluding carboxylic acids is 1. The van der Waals surface area contributed by atoms with E-state index in [2.05, 4.69) is 0 Å². The predicted molar refractivity (Wildman–Crippen MR) is 70.0 cm³/mol. The molecule has 0 aliphatic carbocycles. The van der Waals surface area contributed by atoms with Gasteiger partial charge in [0, 0.05) is 5.56 Å². The summed E-state index contributed by atoms with van der Waals surface area (Å²) >= 11 is -0.392. The average Bonchev–Trinajstić information content (AvgIpc) is 2.36. The highest BCUT2D eigenvalue weighted by molar-refractivity contribution is 8.00. The van der Waals surface area contributed by atoms with Crippen molar-refractivity contribution in [3.8, 4) is 11.8 Å². The van der Waals surface area contributed by atoms with E-state index in [9.17, 15) is 18.0 Å². The lowest BCUT2D eigenvalue weighted by Gasteiger charge is -2.14. The maximum absolute atomic E-state index is 12.5. The molecule has 0 aromatic heterocycles. The molecule has 21 heavy (non-hydrogen) atoms. The highest BCUT2D eigenvalue weighted by Gasteiger charge is 2.32. The van der Waals surface area contributed by atoms with Crippen LogP contribution in [0.3, 0.4) is 0 Å². The van der Waals surface area contributed by atoms with Gasteiger partial charge in [-0.25, -0.2) is 0 Å². The highest BCUT2D eigenvalue weighted by Crippen LogP contribution is 2.43. The Bertz CT molecular complexity index is 567. The SMILES string of the molecule is CCOC(=O)Cc1cc(C#N)cc(SC(F)(F)F)c1OC. The van der Waals surface area contributed by atoms with Crippen LogP contribution in [0, 0.1) is 11.3 Å². The summed E-state index contributed by atoms with van der Waals surface area (Å²) in [6, 6.07) is 4.15. The van der Waals surface area contributed by atoms with Crippen LogP contribution in [0.5, 0.6) is 5.75 Å². The van der Waals surface area contributed by atoms with Gasteiger partial charge in [-0.1, -0.05) is 0 Å². The Labute approximate surface area is 123 Å². The lowest BCUT2D eigenvalue weighted by molar-refractivity contribution is -0.142. The monoisotopic (exact) mass is 319 g/mol. The third-order valence-electron chi connectivity index (χ3n) is 2.33. The van der Waals surface area contributed by atoms with Crippen LogP contribution in [0.2, 0.25) is 0 Å². The molecule has 0 aliphatic rings. The van der Waals surface area contributed by atoms with Gasteiger partial charge in [0.15, 0.2) is 0 Å². The molecule has 4 nitrogen and oxygen atoms in total. The molecule has 0 heterocycles. The second-order valence-corrected chi connectivity index (χ2v) is 4.92. The summed E-state index contributed by atoms with van der Waals surface area (Å²) in [5.74, 6) is -0.682. The van der Waals surface area contributed by atoms with E-state index >= 15 is 0 Å². The van der Waals surface area contributed by atoms with E-state index in [0.717, 1.165) is 6.07 Å². The molecular weight excluding hydrogens is 307 g/mol. The van der Waals surface area contributed by atoms with Crippen molar-refractivity contribution >= 4 is 17.7 Å². The standard InChI is InChI=1S/C13H12F3NO3S/c1-3-20-11(18)6-9-4-8(7-17)5-10(12(9)19-2)21-13(14,15)16/h4-5H,3,6H2,1-2H3. The molecule has 0 amide bonds. The first-order chi connectivity index (χ1) is 9.80. The summed E-state index contributed by atoms with van der Waals surface area (Å²) < 4.78 is 47.3. The number of hydrogen-bond acceptors (Lipinski definition) is 5. The molecule has 1 rings (SSSR count). The fourth-order valence-corrected chi connectivity index (χ4v) is 2.40. The van der Waals surface area contributed by atoms with E-state index in [1.165, 1.54) is 13.2 Å². The number of alkyl halides is 3. The zero-order valence-corrected chi connectivity index (χ0v) is 12.1. The maximum Gasteiger partial charge on any atom is 0.446 e. The van der Waals surface area contributed by atoms with Crippen molar-refractivity contribution in [3.63, 3.8) is 0 Å². The molecule has 0 saturated heterocycles. The van der Waals surface area contributed by atoms with Crippen molar-refractivity contribution in [1.29, 1.82) is 5.26 Å². The van der Waals surface area contributed by atoms with Crippen LogP contribution in [-0.2, 0) is 16.0 Å². The van der Waals surface area contributed by atoms with E-state index in [0.29, 0.717) is 0 Å². The number of nitriles is 1. The molecule has 0 atom stereocenters. The van der Waals surface area contributed by atoms with Gasteiger partial charge in [0.1, 0.15) is 5.75 Å². The fourth-order valence-electron chi connectivity index (χ4n) is 1.66. The lowest BCUT2D eigenvalue weighted by Crippen LogP contribution is -2.10. The highest BCUT2D eigenvalue weighted by atomic mass is 32.2. The molecule has 0 saturated carbocycles. The molecule has 8 heteroatoms. The number of benzene rings is 1. The van der Waals surface area contributed by atoms with Crippen LogP contribution in [0.1, 0.15) is 18.1 Å². The van der Waals surface area contributed by atoms with Crippen LogP contribution in [-0.4, -0.2) is 25.2 Å². The van der Waals surface area contributed by atoms with Gasteiger partial charge >= 0.3 is 11.5 Å². The minimum absolute atomic E-state index is 0.0156. The topological polar surface area (TPSA) is 59.3 Å². The summed E-state index contributed by atoms with van der Waals surface area (Å²) in [5.41, 5.74) is -4.33. The molecule has 1 aromatic carbocycles. The average molecular weight is 319 g/mol. The quantitative estimate of drug-likeness (QED) is 0.616. The predicted octanol–water partition coefficient (Wildman–Crippen LogP) is 3.28. The first-order valence-corrected chi connectivity index (χ1v) is 6.64. The number of thioether (sulfide) groups is 1. The molecule has 0 fully saturated rings. The molecule has 0 unspecified atom stereocenters. The summed E-state index contributed by atoms with van der Waals surface area (Å²) in [5, 5.41) is 8.89. The minimum Gasteiger partial charge on any atom is -0.495 e. The Hall–Kier alpha value is -1.88. The summed E-state index contributed by atoms with van der Waals surface area (Å²) in [6.07, 6.45) is -0.266. The van der Waals surface area contributed by atoms with Crippen molar-refractivity contribution in [2.45, 2.75) is 23.7 Å². The molecule has 0 aliphatic heterocycles. The van der Waals surface area contributed by atoms with Crippen molar-refractivity contribution in [2.24, 2.45) is 0 Å². The number of hydrogen-bond donors (Lipinski definition) is 0. The van der Waals surface area contributed by atoms with Crippen molar-refractivity contribution < 1.29 is 27.4 Å². The van der Waals surface area contributed by atoms with E-state index in [4.69, 9.17) is 14.7 Å². The fraction of sp³-hybridized carbons (Fsp3) is 0.385.